The van der Waals surface area contributed by atoms with Gasteiger partial charge in [-0.3, -0.25) is 0 Å². The van der Waals surface area contributed by atoms with Gasteiger partial charge in [0.05, 0.1) is 6.10 Å². The highest BCUT2D eigenvalue weighted by atomic mass is 16.5. The van der Waals surface area contributed by atoms with Crippen LogP contribution in [0.25, 0.3) is 0 Å². The van der Waals surface area contributed by atoms with Crippen molar-refractivity contribution in [2.45, 2.75) is 44.8 Å². The van der Waals surface area contributed by atoms with Crippen molar-refractivity contribution in [2.24, 2.45) is 0 Å². The van der Waals surface area contributed by atoms with Crippen molar-refractivity contribution in [3.63, 3.8) is 0 Å². The van der Waals surface area contributed by atoms with Crippen molar-refractivity contribution >= 4 is 0 Å². The van der Waals surface area contributed by atoms with E-state index in [9.17, 15) is 0 Å². The standard InChI is InChI=1S/C12H21N3O/c1-2-5-13-10(11-4-3-8-16-11)9-12-14-6-7-15-12/h6-7,10-11,13H,2-5,8-9H2,1H3,(H,14,15). The Balaban J connectivity index is 1.90. The summed E-state index contributed by atoms with van der Waals surface area (Å²) in [4.78, 5) is 7.45. The Labute approximate surface area is 96.8 Å². The van der Waals surface area contributed by atoms with Gasteiger partial charge in [0.2, 0.25) is 0 Å². The quantitative estimate of drug-likeness (QED) is 0.768. The molecular weight excluding hydrogens is 202 g/mol. The Morgan fingerprint density at radius 2 is 2.62 bits per heavy atom. The number of rotatable bonds is 6. The number of H-pyrrole nitrogens is 1. The smallest absolute Gasteiger partial charge is 0.107 e. The SMILES string of the molecule is CCCNC(Cc1ncc[nH]1)C1CCCO1. The van der Waals surface area contributed by atoms with E-state index < -0.39 is 0 Å². The van der Waals surface area contributed by atoms with Gasteiger partial charge in [0.25, 0.3) is 0 Å². The predicted molar refractivity (Wildman–Crippen MR) is 63.3 cm³/mol. The van der Waals surface area contributed by atoms with E-state index in [1.807, 2.05) is 12.4 Å². The van der Waals surface area contributed by atoms with Crippen molar-refractivity contribution in [2.75, 3.05) is 13.2 Å². The predicted octanol–water partition coefficient (Wildman–Crippen LogP) is 1.50. The average molecular weight is 223 g/mol. The summed E-state index contributed by atoms with van der Waals surface area (Å²) < 4.78 is 5.76. The highest BCUT2D eigenvalue weighted by Crippen LogP contribution is 2.17. The molecule has 1 aromatic rings. The maximum atomic E-state index is 5.76. The molecule has 2 N–H and O–H groups in total. The first kappa shape index (κ1) is 11.6. The Kier molecular flexibility index (Phi) is 4.36. The minimum atomic E-state index is 0.358. The lowest BCUT2D eigenvalue weighted by molar-refractivity contribution is 0.0778. The summed E-state index contributed by atoms with van der Waals surface area (Å²) in [5.74, 6) is 1.05. The molecule has 0 spiro atoms. The molecule has 0 saturated carbocycles. The van der Waals surface area contributed by atoms with E-state index in [0.29, 0.717) is 12.1 Å². The van der Waals surface area contributed by atoms with Crippen LogP contribution < -0.4 is 5.32 Å². The van der Waals surface area contributed by atoms with E-state index in [0.717, 1.165) is 31.8 Å². The van der Waals surface area contributed by atoms with Gasteiger partial charge in [0.1, 0.15) is 5.82 Å². The van der Waals surface area contributed by atoms with Crippen molar-refractivity contribution in [1.29, 1.82) is 0 Å². The van der Waals surface area contributed by atoms with Crippen LogP contribution in [0.1, 0.15) is 32.0 Å². The number of aromatic amines is 1. The lowest BCUT2D eigenvalue weighted by Crippen LogP contribution is -2.41. The molecule has 0 amide bonds. The molecule has 4 heteroatoms. The zero-order valence-electron chi connectivity index (χ0n) is 9.91. The summed E-state index contributed by atoms with van der Waals surface area (Å²) in [6.07, 6.45) is 8.48. The Morgan fingerprint density at radius 1 is 1.69 bits per heavy atom. The summed E-state index contributed by atoms with van der Waals surface area (Å²) >= 11 is 0. The minimum absolute atomic E-state index is 0.358. The van der Waals surface area contributed by atoms with Gasteiger partial charge in [-0.05, 0) is 25.8 Å². The van der Waals surface area contributed by atoms with Crippen LogP contribution >= 0.6 is 0 Å². The molecule has 1 aliphatic heterocycles. The number of ether oxygens (including phenoxy) is 1. The summed E-state index contributed by atoms with van der Waals surface area (Å²) in [6.45, 7) is 4.14. The fourth-order valence-electron chi connectivity index (χ4n) is 2.20. The van der Waals surface area contributed by atoms with E-state index in [1.54, 1.807) is 0 Å². The third-order valence-electron chi connectivity index (χ3n) is 3.04. The maximum absolute atomic E-state index is 5.76. The van der Waals surface area contributed by atoms with Crippen LogP contribution in [0.4, 0.5) is 0 Å². The third-order valence-corrected chi connectivity index (χ3v) is 3.04. The first-order valence-corrected chi connectivity index (χ1v) is 6.23. The van der Waals surface area contributed by atoms with E-state index in [2.05, 4.69) is 22.2 Å². The third kappa shape index (κ3) is 3.06. The van der Waals surface area contributed by atoms with Crippen molar-refractivity contribution in [1.82, 2.24) is 15.3 Å². The van der Waals surface area contributed by atoms with Crippen molar-refractivity contribution in [3.8, 4) is 0 Å². The normalized spacial score (nSPS) is 22.4. The van der Waals surface area contributed by atoms with Gasteiger partial charge in [0.15, 0.2) is 0 Å². The van der Waals surface area contributed by atoms with Crippen LogP contribution in [-0.4, -0.2) is 35.3 Å². The van der Waals surface area contributed by atoms with Gasteiger partial charge in [-0.25, -0.2) is 4.98 Å². The summed E-state index contributed by atoms with van der Waals surface area (Å²) in [5.41, 5.74) is 0. The molecule has 0 aliphatic carbocycles. The molecule has 1 aromatic heterocycles. The highest BCUT2D eigenvalue weighted by molar-refractivity contribution is 4.94. The number of nitrogens with zero attached hydrogens (tertiary/aromatic N) is 1. The molecule has 1 saturated heterocycles. The van der Waals surface area contributed by atoms with Crippen LogP contribution in [0.15, 0.2) is 12.4 Å². The molecule has 4 nitrogen and oxygen atoms in total. The summed E-state index contributed by atoms with van der Waals surface area (Å²) in [7, 11) is 0. The van der Waals surface area contributed by atoms with Crippen molar-refractivity contribution in [3.05, 3.63) is 18.2 Å². The second kappa shape index (κ2) is 6.01. The molecule has 0 radical (unpaired) electrons. The first-order chi connectivity index (χ1) is 7.90. The number of hydrogen-bond acceptors (Lipinski definition) is 3. The largest absolute Gasteiger partial charge is 0.377 e. The summed E-state index contributed by atoms with van der Waals surface area (Å²) in [5, 5.41) is 3.56. The Hall–Kier alpha value is -0.870. The molecule has 16 heavy (non-hydrogen) atoms. The van der Waals surface area contributed by atoms with Crippen LogP contribution in [-0.2, 0) is 11.2 Å². The summed E-state index contributed by atoms with van der Waals surface area (Å²) in [6, 6.07) is 0.397. The van der Waals surface area contributed by atoms with Crippen molar-refractivity contribution < 1.29 is 4.74 Å². The Morgan fingerprint density at radius 3 is 3.25 bits per heavy atom. The molecule has 1 aliphatic rings. The van der Waals surface area contributed by atoms with E-state index in [1.165, 1.54) is 12.8 Å². The van der Waals surface area contributed by atoms with Gasteiger partial charge in [-0.1, -0.05) is 6.92 Å². The monoisotopic (exact) mass is 223 g/mol. The Bertz CT molecular complexity index is 280. The zero-order chi connectivity index (χ0) is 11.2. The van der Waals surface area contributed by atoms with Crippen LogP contribution in [0, 0.1) is 0 Å². The molecule has 2 heterocycles. The van der Waals surface area contributed by atoms with Gasteiger partial charge < -0.3 is 15.0 Å². The maximum Gasteiger partial charge on any atom is 0.107 e. The molecule has 0 bridgehead atoms. The number of aromatic nitrogens is 2. The molecule has 2 unspecified atom stereocenters. The molecule has 2 atom stereocenters. The molecular formula is C12H21N3O. The molecule has 90 valence electrons. The van der Waals surface area contributed by atoms with E-state index in [4.69, 9.17) is 4.74 Å². The molecule has 0 aromatic carbocycles. The molecule has 1 fully saturated rings. The zero-order valence-corrected chi connectivity index (χ0v) is 9.91. The lowest BCUT2D eigenvalue weighted by atomic mass is 10.0. The number of imidazole rings is 1. The van der Waals surface area contributed by atoms with Crippen LogP contribution in [0.2, 0.25) is 0 Å². The fourth-order valence-corrected chi connectivity index (χ4v) is 2.20. The fraction of sp³-hybridized carbons (Fsp3) is 0.750. The lowest BCUT2D eigenvalue weighted by Gasteiger charge is -2.23. The number of hydrogen-bond donors (Lipinski definition) is 2. The van der Waals surface area contributed by atoms with Gasteiger partial charge in [-0.15, -0.1) is 0 Å². The van der Waals surface area contributed by atoms with Gasteiger partial charge >= 0.3 is 0 Å². The first-order valence-electron chi connectivity index (χ1n) is 6.23. The van der Waals surface area contributed by atoms with Crippen LogP contribution in [0.3, 0.4) is 0 Å². The average Bonchev–Trinajstić information content (AvgIpc) is 2.96. The van der Waals surface area contributed by atoms with Gasteiger partial charge in [0, 0.05) is 31.5 Å². The van der Waals surface area contributed by atoms with E-state index in [-0.39, 0.29) is 0 Å². The van der Waals surface area contributed by atoms with E-state index >= 15 is 0 Å². The molecule has 2 rings (SSSR count). The number of nitrogens with one attached hydrogen (secondary N) is 2. The minimum Gasteiger partial charge on any atom is -0.377 e. The topological polar surface area (TPSA) is 49.9 Å². The second-order valence-electron chi connectivity index (χ2n) is 4.35. The highest BCUT2D eigenvalue weighted by Gasteiger charge is 2.26. The van der Waals surface area contributed by atoms with Crippen LogP contribution in [0.5, 0.6) is 0 Å². The van der Waals surface area contributed by atoms with Gasteiger partial charge in [-0.2, -0.15) is 0 Å². The second-order valence-corrected chi connectivity index (χ2v) is 4.35.